The Bertz CT molecular complexity index is 620. The number of halogens is 1. The Morgan fingerprint density at radius 3 is 2.57 bits per heavy atom. The molecule has 0 unspecified atom stereocenters. The lowest BCUT2D eigenvalue weighted by Crippen LogP contribution is -2.00. The van der Waals surface area contributed by atoms with Crippen molar-refractivity contribution in [1.29, 1.82) is 0 Å². The first kappa shape index (κ1) is 15.5. The average Bonchev–Trinajstić information content (AvgIpc) is 2.47. The molecule has 0 spiro atoms. The van der Waals surface area contributed by atoms with Gasteiger partial charge in [-0.25, -0.2) is 4.98 Å². The van der Waals surface area contributed by atoms with E-state index >= 15 is 0 Å². The van der Waals surface area contributed by atoms with Crippen LogP contribution in [0.25, 0.3) is 0 Å². The molecule has 5 nitrogen and oxygen atoms in total. The van der Waals surface area contributed by atoms with Gasteiger partial charge in [-0.1, -0.05) is 24.6 Å². The highest BCUT2D eigenvalue weighted by atomic mass is 35.5. The molecule has 0 saturated heterocycles. The molecule has 2 aromatic rings. The predicted molar refractivity (Wildman–Crippen MR) is 80.2 cm³/mol. The second-order valence-corrected chi connectivity index (χ2v) is 4.71. The maximum absolute atomic E-state index is 5.96. The zero-order valence-corrected chi connectivity index (χ0v) is 13.0. The summed E-state index contributed by atoms with van der Waals surface area (Å²) in [6.45, 7) is 2.35. The Kier molecular flexibility index (Phi) is 5.36. The van der Waals surface area contributed by atoms with Gasteiger partial charge in [-0.3, -0.25) is 0 Å². The quantitative estimate of drug-likeness (QED) is 0.763. The molecule has 0 radical (unpaired) electrons. The molecule has 2 rings (SSSR count). The fourth-order valence-corrected chi connectivity index (χ4v) is 2.01. The van der Waals surface area contributed by atoms with Gasteiger partial charge in [0.25, 0.3) is 0 Å². The smallest absolute Gasteiger partial charge is 0.224 e. The van der Waals surface area contributed by atoms with Crippen LogP contribution in [0, 0.1) is 0 Å². The summed E-state index contributed by atoms with van der Waals surface area (Å²) in [6.07, 6.45) is 0.925. The van der Waals surface area contributed by atoms with Crippen molar-refractivity contribution >= 4 is 11.6 Å². The maximum atomic E-state index is 5.96. The van der Waals surface area contributed by atoms with Gasteiger partial charge >= 0.3 is 0 Å². The minimum Gasteiger partial charge on any atom is -0.493 e. The molecule has 0 bridgehead atoms. The van der Waals surface area contributed by atoms with Crippen molar-refractivity contribution in [2.75, 3.05) is 14.2 Å². The minimum atomic E-state index is 0.267. The van der Waals surface area contributed by atoms with Crippen molar-refractivity contribution in [3.8, 4) is 17.4 Å². The molecule has 0 aliphatic heterocycles. The number of methoxy groups -OCH3 is 2. The van der Waals surface area contributed by atoms with E-state index in [4.69, 9.17) is 25.8 Å². The molecular weight excluding hydrogens is 292 g/mol. The molecule has 112 valence electrons. The summed E-state index contributed by atoms with van der Waals surface area (Å²) in [5.41, 5.74) is 1.17. The van der Waals surface area contributed by atoms with E-state index in [-0.39, 0.29) is 6.61 Å². The van der Waals surface area contributed by atoms with Crippen LogP contribution >= 0.6 is 11.6 Å². The van der Waals surface area contributed by atoms with Crippen LogP contribution in [0.1, 0.15) is 18.3 Å². The van der Waals surface area contributed by atoms with E-state index in [1.165, 1.54) is 5.56 Å². The number of rotatable bonds is 6. The Hall–Kier alpha value is -1.85. The molecule has 0 atom stereocenters. The topological polar surface area (TPSA) is 53.5 Å². The van der Waals surface area contributed by atoms with Crippen LogP contribution in [-0.2, 0) is 17.8 Å². The lowest BCUT2D eigenvalue weighted by Gasteiger charge is -2.11. The van der Waals surface area contributed by atoms with Crippen LogP contribution < -0.4 is 9.47 Å². The van der Waals surface area contributed by atoms with Gasteiger partial charge in [0.05, 0.1) is 7.11 Å². The second kappa shape index (κ2) is 7.24. The van der Waals surface area contributed by atoms with Crippen molar-refractivity contribution in [2.24, 2.45) is 0 Å². The van der Waals surface area contributed by atoms with Crippen molar-refractivity contribution in [1.82, 2.24) is 9.97 Å². The molecule has 0 aliphatic rings. The first-order valence-corrected chi connectivity index (χ1v) is 6.91. The predicted octanol–water partition coefficient (Wildman–Crippen LogP) is 3.64. The van der Waals surface area contributed by atoms with Crippen molar-refractivity contribution in [3.63, 3.8) is 0 Å². The van der Waals surface area contributed by atoms with E-state index in [0.29, 0.717) is 28.4 Å². The molecule has 1 heterocycles. The van der Waals surface area contributed by atoms with E-state index in [1.54, 1.807) is 20.3 Å². The van der Waals surface area contributed by atoms with Crippen LogP contribution in [0.3, 0.4) is 0 Å². The Morgan fingerprint density at radius 1 is 1.10 bits per heavy atom. The lowest BCUT2D eigenvalue weighted by molar-refractivity contribution is 0.177. The van der Waals surface area contributed by atoms with E-state index in [1.807, 2.05) is 18.2 Å². The van der Waals surface area contributed by atoms with Gasteiger partial charge in [0.15, 0.2) is 17.3 Å². The summed E-state index contributed by atoms with van der Waals surface area (Å²) < 4.78 is 16.1. The fourth-order valence-electron chi connectivity index (χ4n) is 1.82. The standard InChI is InChI=1S/C15H17ClN2O3/c1-4-10-5-6-11(12(7-10)20-3)21-15-8-13(16)17-14(18-15)9-19-2/h5-8H,4,9H2,1-3H3. The van der Waals surface area contributed by atoms with E-state index < -0.39 is 0 Å². The molecule has 21 heavy (non-hydrogen) atoms. The highest BCUT2D eigenvalue weighted by Gasteiger charge is 2.10. The number of hydrogen-bond donors (Lipinski definition) is 0. The number of benzene rings is 1. The van der Waals surface area contributed by atoms with E-state index in [9.17, 15) is 0 Å². The van der Waals surface area contributed by atoms with Gasteiger partial charge in [-0.2, -0.15) is 4.98 Å². The highest BCUT2D eigenvalue weighted by molar-refractivity contribution is 6.29. The van der Waals surface area contributed by atoms with Gasteiger partial charge in [0, 0.05) is 13.2 Å². The van der Waals surface area contributed by atoms with Crippen molar-refractivity contribution < 1.29 is 14.2 Å². The van der Waals surface area contributed by atoms with Crippen molar-refractivity contribution in [3.05, 3.63) is 40.8 Å². The molecule has 6 heteroatoms. The Labute approximate surface area is 128 Å². The second-order valence-electron chi connectivity index (χ2n) is 4.32. The number of aryl methyl sites for hydroxylation is 1. The van der Waals surface area contributed by atoms with Gasteiger partial charge < -0.3 is 14.2 Å². The summed E-state index contributed by atoms with van der Waals surface area (Å²) in [4.78, 5) is 8.29. The lowest BCUT2D eigenvalue weighted by atomic mass is 10.1. The minimum absolute atomic E-state index is 0.267. The molecule has 0 amide bonds. The van der Waals surface area contributed by atoms with E-state index in [2.05, 4.69) is 16.9 Å². The highest BCUT2D eigenvalue weighted by Crippen LogP contribution is 2.32. The van der Waals surface area contributed by atoms with E-state index in [0.717, 1.165) is 6.42 Å². The number of aromatic nitrogens is 2. The monoisotopic (exact) mass is 308 g/mol. The number of nitrogens with zero attached hydrogens (tertiary/aromatic N) is 2. The molecular formula is C15H17ClN2O3. The third-order valence-electron chi connectivity index (χ3n) is 2.84. The van der Waals surface area contributed by atoms with Crippen LogP contribution in [-0.4, -0.2) is 24.2 Å². The zero-order valence-electron chi connectivity index (χ0n) is 12.2. The molecule has 0 N–H and O–H groups in total. The molecule has 0 aliphatic carbocycles. The first-order chi connectivity index (χ1) is 10.2. The molecule has 0 fully saturated rings. The normalized spacial score (nSPS) is 10.5. The zero-order chi connectivity index (χ0) is 15.2. The Balaban J connectivity index is 2.29. The molecule has 1 aromatic heterocycles. The van der Waals surface area contributed by atoms with Crippen LogP contribution in [0.4, 0.5) is 0 Å². The first-order valence-electron chi connectivity index (χ1n) is 6.53. The maximum Gasteiger partial charge on any atom is 0.224 e. The molecule has 1 aromatic carbocycles. The van der Waals surface area contributed by atoms with Crippen molar-refractivity contribution in [2.45, 2.75) is 20.0 Å². The summed E-state index contributed by atoms with van der Waals surface area (Å²) in [6, 6.07) is 7.32. The van der Waals surface area contributed by atoms with Gasteiger partial charge in [0.1, 0.15) is 11.8 Å². The number of ether oxygens (including phenoxy) is 3. The van der Waals surface area contributed by atoms with Gasteiger partial charge in [-0.15, -0.1) is 0 Å². The fraction of sp³-hybridized carbons (Fsp3) is 0.333. The van der Waals surface area contributed by atoms with Gasteiger partial charge in [0.2, 0.25) is 5.88 Å². The summed E-state index contributed by atoms with van der Waals surface area (Å²) in [7, 11) is 3.17. The third-order valence-corrected chi connectivity index (χ3v) is 3.04. The summed E-state index contributed by atoms with van der Waals surface area (Å²) >= 11 is 5.96. The third kappa shape index (κ3) is 4.06. The van der Waals surface area contributed by atoms with Gasteiger partial charge in [-0.05, 0) is 24.1 Å². The number of hydrogen-bond acceptors (Lipinski definition) is 5. The summed E-state index contributed by atoms with van der Waals surface area (Å²) in [5.74, 6) is 2.04. The largest absolute Gasteiger partial charge is 0.493 e. The summed E-state index contributed by atoms with van der Waals surface area (Å²) in [5, 5.41) is 0.302. The van der Waals surface area contributed by atoms with Crippen LogP contribution in [0.15, 0.2) is 24.3 Å². The van der Waals surface area contributed by atoms with Crippen LogP contribution in [0.5, 0.6) is 17.4 Å². The SMILES string of the molecule is CCc1ccc(Oc2cc(Cl)nc(COC)n2)c(OC)c1. The molecule has 0 saturated carbocycles. The Morgan fingerprint density at radius 2 is 1.90 bits per heavy atom. The average molecular weight is 309 g/mol. The van der Waals surface area contributed by atoms with Crippen LogP contribution in [0.2, 0.25) is 5.15 Å².